The summed E-state index contributed by atoms with van der Waals surface area (Å²) in [6.07, 6.45) is 10.2. The van der Waals surface area contributed by atoms with Crippen LogP contribution in [0.15, 0.2) is 30.3 Å². The van der Waals surface area contributed by atoms with Crippen molar-refractivity contribution in [3.8, 4) is 0 Å². The lowest BCUT2D eigenvalue weighted by Crippen LogP contribution is -2.26. The van der Waals surface area contributed by atoms with Crippen LogP contribution in [0.1, 0.15) is 56.3 Å². The number of nitrogens with zero attached hydrogens (tertiary/aromatic N) is 3. The molecule has 4 heteroatoms. The van der Waals surface area contributed by atoms with Gasteiger partial charge in [0.25, 0.3) is 0 Å². The number of hydrogen-bond acceptors (Lipinski definition) is 4. The Morgan fingerprint density at radius 3 is 2.64 bits per heavy atom. The van der Waals surface area contributed by atoms with Crippen LogP contribution in [0.2, 0.25) is 0 Å². The summed E-state index contributed by atoms with van der Waals surface area (Å²) in [6.45, 7) is 3.02. The summed E-state index contributed by atoms with van der Waals surface area (Å²) < 4.78 is 0. The molecule has 1 aromatic carbocycles. The molecule has 1 saturated carbocycles. The predicted octanol–water partition coefficient (Wildman–Crippen LogP) is 5.00. The first kappa shape index (κ1) is 16.4. The minimum Gasteiger partial charge on any atom is -0.367 e. The molecule has 4 rings (SSSR count). The molecule has 2 aliphatic rings. The summed E-state index contributed by atoms with van der Waals surface area (Å²) >= 11 is 0. The Morgan fingerprint density at radius 1 is 1.00 bits per heavy atom. The molecule has 1 N–H and O–H groups in total. The maximum atomic E-state index is 4.74. The van der Waals surface area contributed by atoms with Gasteiger partial charge in [0, 0.05) is 24.3 Å². The van der Waals surface area contributed by atoms with Crippen LogP contribution in [-0.4, -0.2) is 22.6 Å². The highest BCUT2D eigenvalue weighted by Gasteiger charge is 2.20. The highest BCUT2D eigenvalue weighted by Crippen LogP contribution is 2.33. The van der Waals surface area contributed by atoms with E-state index in [1.54, 1.807) is 0 Å². The van der Waals surface area contributed by atoms with Crippen molar-refractivity contribution in [2.75, 3.05) is 16.8 Å². The normalized spacial score (nSPS) is 18.5. The maximum absolute atomic E-state index is 4.74. The van der Waals surface area contributed by atoms with Crippen LogP contribution in [0.4, 0.5) is 17.3 Å². The van der Waals surface area contributed by atoms with Gasteiger partial charge in [-0.1, -0.05) is 43.9 Å². The van der Waals surface area contributed by atoms with E-state index in [0.717, 1.165) is 30.4 Å². The van der Waals surface area contributed by atoms with Crippen LogP contribution in [0.25, 0.3) is 0 Å². The molecular weight excluding hydrogens is 308 g/mol. The highest BCUT2D eigenvalue weighted by atomic mass is 15.2. The molecule has 0 amide bonds. The van der Waals surface area contributed by atoms with E-state index in [1.807, 2.05) is 6.92 Å². The molecule has 2 heterocycles. The second-order valence-corrected chi connectivity index (χ2v) is 7.38. The van der Waals surface area contributed by atoms with Crippen molar-refractivity contribution < 1.29 is 0 Å². The van der Waals surface area contributed by atoms with Gasteiger partial charge in [-0.2, -0.15) is 0 Å². The van der Waals surface area contributed by atoms with Gasteiger partial charge in [0.05, 0.1) is 0 Å². The van der Waals surface area contributed by atoms with Gasteiger partial charge in [0.1, 0.15) is 17.5 Å². The molecule has 4 nitrogen and oxygen atoms in total. The third-order valence-corrected chi connectivity index (χ3v) is 5.42. The van der Waals surface area contributed by atoms with Crippen LogP contribution in [-0.2, 0) is 6.42 Å². The zero-order valence-electron chi connectivity index (χ0n) is 15.2. The maximum Gasteiger partial charge on any atom is 0.138 e. The molecule has 1 aromatic heterocycles. The van der Waals surface area contributed by atoms with Crippen molar-refractivity contribution in [2.45, 2.75) is 64.3 Å². The van der Waals surface area contributed by atoms with Gasteiger partial charge in [0.2, 0.25) is 0 Å². The molecule has 1 aliphatic heterocycles. The largest absolute Gasteiger partial charge is 0.367 e. The first-order chi connectivity index (χ1) is 12.3. The Bertz CT molecular complexity index is 720. The van der Waals surface area contributed by atoms with E-state index in [0.29, 0.717) is 6.04 Å². The van der Waals surface area contributed by atoms with Crippen molar-refractivity contribution in [2.24, 2.45) is 0 Å². The van der Waals surface area contributed by atoms with E-state index in [-0.39, 0.29) is 0 Å². The topological polar surface area (TPSA) is 41.1 Å². The predicted molar refractivity (Wildman–Crippen MR) is 104 cm³/mol. The molecule has 2 aromatic rings. The lowest BCUT2D eigenvalue weighted by molar-refractivity contribution is 0.617. The summed E-state index contributed by atoms with van der Waals surface area (Å²) in [7, 11) is 0. The standard InChI is InChI=1S/C21H28N4/c1-16-22-20(24-18-11-4-2-3-5-12-18)15-21(23-16)25-14-8-10-17-9-6-7-13-19(17)25/h6-7,9,13,15,18H,2-5,8,10-12,14H2,1H3,(H,22,23,24). The van der Waals surface area contributed by atoms with Crippen molar-refractivity contribution in [3.63, 3.8) is 0 Å². The first-order valence-electron chi connectivity index (χ1n) is 9.77. The van der Waals surface area contributed by atoms with Gasteiger partial charge in [0.15, 0.2) is 0 Å². The summed E-state index contributed by atoms with van der Waals surface area (Å²) in [5.74, 6) is 2.85. The molecule has 1 fully saturated rings. The average molecular weight is 336 g/mol. The number of anilines is 3. The fourth-order valence-corrected chi connectivity index (χ4v) is 4.17. The van der Waals surface area contributed by atoms with Crippen LogP contribution >= 0.6 is 0 Å². The number of fused-ring (bicyclic) bond motifs is 1. The summed E-state index contributed by atoms with van der Waals surface area (Å²) in [5, 5.41) is 3.69. The summed E-state index contributed by atoms with van der Waals surface area (Å²) in [6, 6.07) is 11.4. The monoisotopic (exact) mass is 336 g/mol. The van der Waals surface area contributed by atoms with Gasteiger partial charge in [-0.3, -0.25) is 0 Å². The highest BCUT2D eigenvalue weighted by molar-refractivity contribution is 5.67. The third kappa shape index (κ3) is 3.78. The Balaban J connectivity index is 1.60. The van der Waals surface area contributed by atoms with Gasteiger partial charge >= 0.3 is 0 Å². The molecule has 0 saturated heterocycles. The number of aromatic nitrogens is 2. The lowest BCUT2D eigenvalue weighted by Gasteiger charge is -2.31. The number of nitrogens with one attached hydrogen (secondary N) is 1. The van der Waals surface area contributed by atoms with Gasteiger partial charge < -0.3 is 10.2 Å². The molecule has 0 atom stereocenters. The SMILES string of the molecule is Cc1nc(NC2CCCCCC2)cc(N2CCCc3ccccc32)n1. The third-order valence-electron chi connectivity index (χ3n) is 5.42. The van der Waals surface area contributed by atoms with Crippen molar-refractivity contribution in [3.05, 3.63) is 41.7 Å². The number of benzene rings is 1. The van der Waals surface area contributed by atoms with Gasteiger partial charge in [-0.15, -0.1) is 0 Å². The summed E-state index contributed by atoms with van der Waals surface area (Å²) in [4.78, 5) is 11.8. The van der Waals surface area contributed by atoms with Gasteiger partial charge in [-0.05, 0) is 44.2 Å². The van der Waals surface area contributed by atoms with Crippen LogP contribution in [0.5, 0.6) is 0 Å². The number of rotatable bonds is 3. The Kier molecular flexibility index (Phi) is 4.86. The van der Waals surface area contributed by atoms with E-state index in [4.69, 9.17) is 4.98 Å². The average Bonchev–Trinajstić information content (AvgIpc) is 2.89. The zero-order chi connectivity index (χ0) is 17.1. The van der Waals surface area contributed by atoms with Crippen LogP contribution in [0, 0.1) is 6.92 Å². The molecule has 25 heavy (non-hydrogen) atoms. The molecular formula is C21H28N4. The van der Waals surface area contributed by atoms with E-state index in [2.05, 4.69) is 45.5 Å². The van der Waals surface area contributed by atoms with E-state index in [9.17, 15) is 0 Å². The minimum absolute atomic E-state index is 0.554. The van der Waals surface area contributed by atoms with Crippen LogP contribution in [0.3, 0.4) is 0 Å². The molecule has 0 spiro atoms. The number of aryl methyl sites for hydroxylation is 2. The number of para-hydroxylation sites is 1. The molecule has 1 aliphatic carbocycles. The molecule has 0 unspecified atom stereocenters. The lowest BCUT2D eigenvalue weighted by atomic mass is 10.0. The molecule has 0 bridgehead atoms. The smallest absolute Gasteiger partial charge is 0.138 e. The fraction of sp³-hybridized carbons (Fsp3) is 0.524. The quantitative estimate of drug-likeness (QED) is 0.801. The molecule has 0 radical (unpaired) electrons. The fourth-order valence-electron chi connectivity index (χ4n) is 4.17. The first-order valence-corrected chi connectivity index (χ1v) is 9.77. The van der Waals surface area contributed by atoms with Crippen molar-refractivity contribution in [1.82, 2.24) is 9.97 Å². The Morgan fingerprint density at radius 2 is 1.80 bits per heavy atom. The Hall–Kier alpha value is -2.10. The van der Waals surface area contributed by atoms with Crippen LogP contribution < -0.4 is 10.2 Å². The molecule has 132 valence electrons. The van der Waals surface area contributed by atoms with E-state index >= 15 is 0 Å². The summed E-state index contributed by atoms with van der Waals surface area (Å²) in [5.41, 5.74) is 2.72. The zero-order valence-corrected chi connectivity index (χ0v) is 15.2. The van der Waals surface area contributed by atoms with Gasteiger partial charge in [-0.25, -0.2) is 9.97 Å². The Labute approximate surface area is 150 Å². The minimum atomic E-state index is 0.554. The number of hydrogen-bond donors (Lipinski definition) is 1. The second-order valence-electron chi connectivity index (χ2n) is 7.38. The van der Waals surface area contributed by atoms with E-state index in [1.165, 1.54) is 56.2 Å². The van der Waals surface area contributed by atoms with Crippen molar-refractivity contribution in [1.29, 1.82) is 0 Å². The second kappa shape index (κ2) is 7.42. The van der Waals surface area contributed by atoms with E-state index < -0.39 is 0 Å². The van der Waals surface area contributed by atoms with Crippen molar-refractivity contribution >= 4 is 17.3 Å².